The van der Waals surface area contributed by atoms with E-state index in [-0.39, 0.29) is 27.6 Å². The fraction of sp³-hybridized carbons (Fsp3) is 0.0667. The van der Waals surface area contributed by atoms with Crippen molar-refractivity contribution in [1.29, 1.82) is 0 Å². The average molecular weight is 339 g/mol. The number of hydrogen-bond acceptors (Lipinski definition) is 3. The number of nitrogens with two attached hydrogens (primary N) is 1. The molecule has 0 spiro atoms. The lowest BCUT2D eigenvalue weighted by atomic mass is 10.1. The summed E-state index contributed by atoms with van der Waals surface area (Å²) >= 11 is 11.9. The second-order valence-corrected chi connectivity index (χ2v) is 5.18. The van der Waals surface area contributed by atoms with Crippen molar-refractivity contribution in [2.45, 2.75) is 0 Å². The molecule has 0 unspecified atom stereocenters. The lowest BCUT2D eigenvalue weighted by Crippen LogP contribution is -2.18. The summed E-state index contributed by atoms with van der Waals surface area (Å²) in [4.78, 5) is 23.8. The van der Waals surface area contributed by atoms with Gasteiger partial charge in [0.15, 0.2) is 0 Å². The maximum absolute atomic E-state index is 12.4. The molecule has 0 saturated heterocycles. The Hall–Kier alpha value is -2.24. The zero-order valence-electron chi connectivity index (χ0n) is 11.5. The van der Waals surface area contributed by atoms with Crippen molar-refractivity contribution in [2.75, 3.05) is 12.4 Å². The van der Waals surface area contributed by atoms with Crippen molar-refractivity contribution in [1.82, 2.24) is 0 Å². The molecule has 0 bridgehead atoms. The van der Waals surface area contributed by atoms with Gasteiger partial charge in [-0.1, -0.05) is 35.3 Å². The van der Waals surface area contributed by atoms with Gasteiger partial charge in [-0.2, -0.15) is 0 Å². The molecule has 114 valence electrons. The summed E-state index contributed by atoms with van der Waals surface area (Å²) in [5.74, 6) is -0.970. The number of carbonyl (C=O) groups excluding carboxylic acids is 2. The molecule has 0 atom stereocenters. The Morgan fingerprint density at radius 1 is 1.14 bits per heavy atom. The third-order valence-electron chi connectivity index (χ3n) is 2.90. The van der Waals surface area contributed by atoms with Crippen LogP contribution in [0, 0.1) is 0 Å². The first kappa shape index (κ1) is 16.1. The molecule has 3 N–H and O–H groups in total. The SMILES string of the molecule is COc1c(Cl)cc(Cl)cc1C(=O)Nc1ccccc1C(N)=O. The number of para-hydroxylation sites is 1. The summed E-state index contributed by atoms with van der Waals surface area (Å²) < 4.78 is 5.12. The van der Waals surface area contributed by atoms with Crippen molar-refractivity contribution < 1.29 is 14.3 Å². The molecule has 0 aromatic heterocycles. The highest BCUT2D eigenvalue weighted by atomic mass is 35.5. The fourth-order valence-corrected chi connectivity index (χ4v) is 2.50. The van der Waals surface area contributed by atoms with E-state index < -0.39 is 11.8 Å². The van der Waals surface area contributed by atoms with Crippen molar-refractivity contribution in [2.24, 2.45) is 5.73 Å². The summed E-state index contributed by atoms with van der Waals surface area (Å²) in [6.45, 7) is 0. The van der Waals surface area contributed by atoms with Crippen LogP contribution in [0.1, 0.15) is 20.7 Å². The number of ether oxygens (including phenoxy) is 1. The highest BCUT2D eigenvalue weighted by Crippen LogP contribution is 2.32. The second kappa shape index (κ2) is 6.68. The molecule has 0 heterocycles. The number of primary amides is 1. The Bertz CT molecular complexity index is 748. The quantitative estimate of drug-likeness (QED) is 0.896. The van der Waals surface area contributed by atoms with E-state index >= 15 is 0 Å². The standard InChI is InChI=1S/C15H12Cl2N2O3/c1-22-13-10(6-8(16)7-11(13)17)15(21)19-12-5-3-2-4-9(12)14(18)20/h2-7H,1H3,(H2,18,20)(H,19,21). The molecular weight excluding hydrogens is 327 g/mol. The minimum Gasteiger partial charge on any atom is -0.494 e. The van der Waals surface area contributed by atoms with Crippen LogP contribution < -0.4 is 15.8 Å². The summed E-state index contributed by atoms with van der Waals surface area (Å²) in [6, 6.07) is 9.29. The highest BCUT2D eigenvalue weighted by Gasteiger charge is 2.18. The Labute approximate surface area is 137 Å². The van der Waals surface area contributed by atoms with Gasteiger partial charge in [-0.05, 0) is 24.3 Å². The van der Waals surface area contributed by atoms with E-state index in [0.717, 1.165) is 0 Å². The van der Waals surface area contributed by atoms with Crippen molar-refractivity contribution in [3.63, 3.8) is 0 Å². The van der Waals surface area contributed by atoms with Gasteiger partial charge in [0.2, 0.25) is 0 Å². The molecule has 0 aliphatic heterocycles. The number of rotatable bonds is 4. The van der Waals surface area contributed by atoms with Crippen molar-refractivity contribution in [3.8, 4) is 5.75 Å². The second-order valence-electron chi connectivity index (χ2n) is 4.33. The van der Waals surface area contributed by atoms with E-state index in [9.17, 15) is 9.59 Å². The van der Waals surface area contributed by atoms with Gasteiger partial charge < -0.3 is 15.8 Å². The van der Waals surface area contributed by atoms with Crippen LogP contribution in [0.15, 0.2) is 36.4 Å². The lowest BCUT2D eigenvalue weighted by molar-refractivity contribution is 0.100. The van der Waals surface area contributed by atoms with Crippen molar-refractivity contribution >= 4 is 40.7 Å². The minimum atomic E-state index is -0.646. The van der Waals surface area contributed by atoms with E-state index in [1.807, 2.05) is 0 Å². The van der Waals surface area contributed by atoms with Gasteiger partial charge in [0.1, 0.15) is 5.75 Å². The number of carbonyl (C=O) groups is 2. The number of amides is 2. The van der Waals surface area contributed by atoms with Crippen LogP contribution in [0.2, 0.25) is 10.0 Å². The van der Waals surface area contributed by atoms with Crippen LogP contribution in [0.4, 0.5) is 5.69 Å². The number of halogens is 2. The normalized spacial score (nSPS) is 10.1. The van der Waals surface area contributed by atoms with Crippen LogP contribution in [0.3, 0.4) is 0 Å². The van der Waals surface area contributed by atoms with Gasteiger partial charge in [-0.3, -0.25) is 9.59 Å². The smallest absolute Gasteiger partial charge is 0.259 e. The summed E-state index contributed by atoms with van der Waals surface area (Å²) in [6.07, 6.45) is 0. The van der Waals surface area contributed by atoms with Gasteiger partial charge in [-0.15, -0.1) is 0 Å². The maximum Gasteiger partial charge on any atom is 0.259 e. The van der Waals surface area contributed by atoms with E-state index in [1.54, 1.807) is 18.2 Å². The monoisotopic (exact) mass is 338 g/mol. The molecule has 2 amide bonds. The van der Waals surface area contributed by atoms with Gasteiger partial charge in [0.25, 0.3) is 11.8 Å². The summed E-state index contributed by atoms with van der Waals surface area (Å²) in [5, 5.41) is 3.10. The molecule has 0 saturated carbocycles. The number of hydrogen-bond donors (Lipinski definition) is 2. The van der Waals surface area contributed by atoms with E-state index in [4.69, 9.17) is 33.7 Å². The Morgan fingerprint density at radius 3 is 2.45 bits per heavy atom. The molecule has 0 radical (unpaired) electrons. The molecular formula is C15H12Cl2N2O3. The lowest BCUT2D eigenvalue weighted by Gasteiger charge is -2.12. The topological polar surface area (TPSA) is 81.4 Å². The first-order chi connectivity index (χ1) is 10.4. The summed E-state index contributed by atoms with van der Waals surface area (Å²) in [5.41, 5.74) is 5.92. The Balaban J connectivity index is 2.41. The zero-order valence-corrected chi connectivity index (χ0v) is 13.0. The minimum absolute atomic E-state index is 0.152. The molecule has 2 aromatic rings. The Morgan fingerprint density at radius 2 is 1.82 bits per heavy atom. The van der Waals surface area contributed by atoms with Gasteiger partial charge in [0.05, 0.1) is 28.9 Å². The molecule has 7 heteroatoms. The number of nitrogens with one attached hydrogen (secondary N) is 1. The summed E-state index contributed by atoms with van der Waals surface area (Å²) in [7, 11) is 1.39. The third kappa shape index (κ3) is 3.32. The van der Waals surface area contributed by atoms with E-state index in [0.29, 0.717) is 5.02 Å². The zero-order chi connectivity index (χ0) is 16.3. The van der Waals surface area contributed by atoms with Crippen molar-refractivity contribution in [3.05, 3.63) is 57.6 Å². The van der Waals surface area contributed by atoms with Gasteiger partial charge in [-0.25, -0.2) is 0 Å². The number of methoxy groups -OCH3 is 1. The fourth-order valence-electron chi connectivity index (χ4n) is 1.93. The maximum atomic E-state index is 12.4. The largest absolute Gasteiger partial charge is 0.494 e. The molecule has 0 aliphatic carbocycles. The van der Waals surface area contributed by atoms with E-state index in [2.05, 4.69) is 5.32 Å². The van der Waals surface area contributed by atoms with Crippen LogP contribution in [0.25, 0.3) is 0 Å². The highest BCUT2D eigenvalue weighted by molar-refractivity contribution is 6.36. The number of benzene rings is 2. The molecule has 2 aromatic carbocycles. The van der Waals surface area contributed by atoms with Crippen LogP contribution in [-0.4, -0.2) is 18.9 Å². The molecule has 2 rings (SSSR count). The first-order valence-electron chi connectivity index (χ1n) is 6.17. The molecule has 22 heavy (non-hydrogen) atoms. The first-order valence-corrected chi connectivity index (χ1v) is 6.93. The van der Waals surface area contributed by atoms with Gasteiger partial charge >= 0.3 is 0 Å². The number of anilines is 1. The predicted molar refractivity (Wildman–Crippen MR) is 85.9 cm³/mol. The third-order valence-corrected chi connectivity index (χ3v) is 3.40. The average Bonchev–Trinajstić information content (AvgIpc) is 2.46. The Kier molecular flexibility index (Phi) is 4.90. The van der Waals surface area contributed by atoms with Crippen LogP contribution in [-0.2, 0) is 0 Å². The van der Waals surface area contributed by atoms with Gasteiger partial charge in [0, 0.05) is 5.02 Å². The van der Waals surface area contributed by atoms with E-state index in [1.165, 1.54) is 25.3 Å². The molecule has 0 fully saturated rings. The van der Waals surface area contributed by atoms with Crippen LogP contribution in [0.5, 0.6) is 5.75 Å². The molecule has 5 nitrogen and oxygen atoms in total. The molecule has 0 aliphatic rings. The van der Waals surface area contributed by atoms with Crippen LogP contribution >= 0.6 is 23.2 Å². The predicted octanol–water partition coefficient (Wildman–Crippen LogP) is 3.35.